The van der Waals surface area contributed by atoms with Crippen molar-refractivity contribution >= 4 is 45.2 Å². The monoisotopic (exact) mass is 386 g/mol. The molecule has 0 radical (unpaired) electrons. The second kappa shape index (κ2) is 6.60. The molecule has 4 nitrogen and oxygen atoms in total. The number of nitrogens with two attached hydrogens (primary N) is 1. The molecule has 0 atom stereocenters. The number of amides is 1. The lowest BCUT2D eigenvalue weighted by Gasteiger charge is -2.28. The van der Waals surface area contributed by atoms with Crippen molar-refractivity contribution < 1.29 is 9.21 Å². The zero-order chi connectivity index (χ0) is 15.0. The molecule has 1 saturated carbocycles. The van der Waals surface area contributed by atoms with E-state index in [1.54, 1.807) is 0 Å². The van der Waals surface area contributed by atoms with Gasteiger partial charge in [0.25, 0.3) is 5.91 Å². The molecule has 2 aromatic rings. The molecule has 0 saturated heterocycles. The van der Waals surface area contributed by atoms with Crippen molar-refractivity contribution in [3.63, 3.8) is 0 Å². The van der Waals surface area contributed by atoms with Gasteiger partial charge in [-0.15, -0.1) is 12.4 Å². The van der Waals surface area contributed by atoms with Crippen molar-refractivity contribution in [2.45, 2.75) is 38.1 Å². The number of benzene rings is 1. The van der Waals surface area contributed by atoms with Crippen molar-refractivity contribution in [2.24, 2.45) is 5.73 Å². The fourth-order valence-electron chi connectivity index (χ4n) is 3.14. The molecule has 6 heteroatoms. The normalized spacial score (nSPS) is 16.5. The molecule has 22 heavy (non-hydrogen) atoms. The van der Waals surface area contributed by atoms with Gasteiger partial charge in [-0.3, -0.25) is 4.79 Å². The summed E-state index contributed by atoms with van der Waals surface area (Å²) in [6, 6.07) is 5.75. The maximum atomic E-state index is 12.6. The molecular weight excluding hydrogens is 368 g/mol. The lowest BCUT2D eigenvalue weighted by atomic mass is 9.97. The topological polar surface area (TPSA) is 68.3 Å². The Hall–Kier alpha value is -1.04. The van der Waals surface area contributed by atoms with Crippen molar-refractivity contribution in [1.82, 2.24) is 5.32 Å². The Morgan fingerprint density at radius 3 is 2.73 bits per heavy atom. The smallest absolute Gasteiger partial charge is 0.287 e. The van der Waals surface area contributed by atoms with E-state index in [1.807, 2.05) is 25.1 Å². The number of hydrogen-bond acceptors (Lipinski definition) is 3. The summed E-state index contributed by atoms with van der Waals surface area (Å²) in [5, 5.41) is 4.07. The molecule has 1 amide bonds. The van der Waals surface area contributed by atoms with Crippen molar-refractivity contribution in [3.05, 3.63) is 34.0 Å². The number of hydrogen-bond donors (Lipinski definition) is 2. The Labute approximate surface area is 144 Å². The molecule has 0 bridgehead atoms. The van der Waals surface area contributed by atoms with E-state index < -0.39 is 0 Å². The second-order valence-electron chi connectivity index (χ2n) is 5.84. The first-order valence-corrected chi connectivity index (χ1v) is 8.05. The zero-order valence-corrected chi connectivity index (χ0v) is 14.9. The molecule has 0 aliphatic heterocycles. The summed E-state index contributed by atoms with van der Waals surface area (Å²) in [5.41, 5.74) is 7.22. The van der Waals surface area contributed by atoms with Gasteiger partial charge in [0.15, 0.2) is 5.76 Å². The minimum absolute atomic E-state index is 0. The average molecular weight is 388 g/mol. The molecule has 120 valence electrons. The lowest BCUT2D eigenvalue weighted by molar-refractivity contribution is 0.0876. The van der Waals surface area contributed by atoms with Crippen molar-refractivity contribution in [1.29, 1.82) is 0 Å². The van der Waals surface area contributed by atoms with Crippen LogP contribution in [0.1, 0.15) is 41.8 Å². The fourth-order valence-corrected chi connectivity index (χ4v) is 3.50. The van der Waals surface area contributed by atoms with Crippen LogP contribution in [0, 0.1) is 6.92 Å². The highest BCUT2D eigenvalue weighted by Gasteiger charge is 2.35. The number of rotatable bonds is 3. The van der Waals surface area contributed by atoms with Crippen LogP contribution >= 0.6 is 28.3 Å². The molecule has 3 N–H and O–H groups in total. The van der Waals surface area contributed by atoms with Gasteiger partial charge in [0.05, 0.1) is 5.54 Å². The highest BCUT2D eigenvalue weighted by molar-refractivity contribution is 9.10. The Bertz CT molecular complexity index is 693. The van der Waals surface area contributed by atoms with Crippen LogP contribution in [0.4, 0.5) is 0 Å². The molecule has 1 aliphatic carbocycles. The van der Waals surface area contributed by atoms with Crippen molar-refractivity contribution in [2.75, 3.05) is 6.54 Å². The summed E-state index contributed by atoms with van der Waals surface area (Å²) in [7, 11) is 0. The maximum absolute atomic E-state index is 12.6. The molecule has 1 aromatic heterocycles. The van der Waals surface area contributed by atoms with E-state index >= 15 is 0 Å². The van der Waals surface area contributed by atoms with Crippen LogP contribution in [-0.2, 0) is 0 Å². The molecule has 1 heterocycles. The zero-order valence-electron chi connectivity index (χ0n) is 12.4. The summed E-state index contributed by atoms with van der Waals surface area (Å²) in [5.74, 6) is 0.231. The van der Waals surface area contributed by atoms with Gasteiger partial charge >= 0.3 is 0 Å². The fraction of sp³-hybridized carbons (Fsp3) is 0.438. The van der Waals surface area contributed by atoms with E-state index in [4.69, 9.17) is 10.2 Å². The molecule has 0 unspecified atom stereocenters. The number of fused-ring (bicyclic) bond motifs is 1. The van der Waals surface area contributed by atoms with E-state index in [0.29, 0.717) is 12.3 Å². The number of carbonyl (C=O) groups is 1. The number of carbonyl (C=O) groups excluding carboxylic acids is 1. The summed E-state index contributed by atoms with van der Waals surface area (Å²) < 4.78 is 6.71. The first kappa shape index (κ1) is 17.3. The molecule has 1 aliphatic rings. The highest BCUT2D eigenvalue weighted by atomic mass is 79.9. The first-order chi connectivity index (χ1) is 10.0. The predicted molar refractivity (Wildman–Crippen MR) is 93.6 cm³/mol. The molecule has 3 rings (SSSR count). The van der Waals surface area contributed by atoms with Crippen LogP contribution in [-0.4, -0.2) is 18.0 Å². The van der Waals surface area contributed by atoms with Gasteiger partial charge in [0.2, 0.25) is 0 Å². The summed E-state index contributed by atoms with van der Waals surface area (Å²) in [4.78, 5) is 12.6. The van der Waals surface area contributed by atoms with Crippen molar-refractivity contribution in [3.8, 4) is 0 Å². The first-order valence-electron chi connectivity index (χ1n) is 7.26. The van der Waals surface area contributed by atoms with E-state index in [-0.39, 0.29) is 23.9 Å². The molecule has 1 fully saturated rings. The van der Waals surface area contributed by atoms with Crippen LogP contribution < -0.4 is 11.1 Å². The predicted octanol–water partition coefficient (Wildman–Crippen LogP) is 3.93. The Morgan fingerprint density at radius 1 is 1.41 bits per heavy atom. The molecular formula is C16H20BrClN2O2. The number of halogens is 2. The number of aryl methyl sites for hydroxylation is 1. The Kier molecular flexibility index (Phi) is 5.20. The second-order valence-corrected chi connectivity index (χ2v) is 6.76. The summed E-state index contributed by atoms with van der Waals surface area (Å²) in [6.07, 6.45) is 4.12. The average Bonchev–Trinajstić information content (AvgIpc) is 3.05. The standard InChI is InChI=1S/C16H19BrN2O2.ClH/c1-10-12-8-11(17)4-5-13(12)21-14(10)15(20)19-16(9-18)6-2-3-7-16;/h4-5,8H,2-3,6-7,9,18H2,1H3,(H,19,20);1H. The number of nitrogens with one attached hydrogen (secondary N) is 1. The van der Waals surface area contributed by atoms with E-state index in [1.165, 1.54) is 0 Å². The van der Waals surface area contributed by atoms with Gasteiger partial charge in [-0.2, -0.15) is 0 Å². The lowest BCUT2D eigenvalue weighted by Crippen LogP contribution is -2.51. The van der Waals surface area contributed by atoms with E-state index in [2.05, 4.69) is 21.2 Å². The van der Waals surface area contributed by atoms with Crippen LogP contribution in [0.25, 0.3) is 11.0 Å². The third kappa shape index (κ3) is 3.03. The van der Waals surface area contributed by atoms with E-state index in [0.717, 1.165) is 46.7 Å². The van der Waals surface area contributed by atoms with Crippen LogP contribution in [0.15, 0.2) is 27.1 Å². The van der Waals surface area contributed by atoms with Gasteiger partial charge in [-0.05, 0) is 38.0 Å². The quantitative estimate of drug-likeness (QED) is 0.838. The third-order valence-corrected chi connectivity index (χ3v) is 4.93. The maximum Gasteiger partial charge on any atom is 0.287 e. The largest absolute Gasteiger partial charge is 0.451 e. The van der Waals surface area contributed by atoms with E-state index in [9.17, 15) is 4.79 Å². The summed E-state index contributed by atoms with van der Waals surface area (Å²) in [6.45, 7) is 2.39. The Balaban J connectivity index is 0.00000176. The van der Waals surface area contributed by atoms with Crippen LogP contribution in [0.3, 0.4) is 0 Å². The van der Waals surface area contributed by atoms with Gasteiger partial charge in [0.1, 0.15) is 5.58 Å². The SMILES string of the molecule is Cc1c(C(=O)NC2(CN)CCCC2)oc2ccc(Br)cc12.Cl. The van der Waals surface area contributed by atoms with Gasteiger partial charge in [0, 0.05) is 22.0 Å². The van der Waals surface area contributed by atoms with Gasteiger partial charge < -0.3 is 15.5 Å². The minimum atomic E-state index is -0.261. The summed E-state index contributed by atoms with van der Waals surface area (Å²) >= 11 is 3.44. The third-order valence-electron chi connectivity index (χ3n) is 4.43. The Morgan fingerprint density at radius 2 is 2.09 bits per heavy atom. The molecule has 0 spiro atoms. The van der Waals surface area contributed by atoms with Gasteiger partial charge in [-0.1, -0.05) is 28.8 Å². The highest BCUT2D eigenvalue weighted by Crippen LogP contribution is 2.31. The minimum Gasteiger partial charge on any atom is -0.451 e. The van der Waals surface area contributed by atoms with Gasteiger partial charge in [-0.25, -0.2) is 0 Å². The number of furan rings is 1. The van der Waals surface area contributed by atoms with Crippen LogP contribution in [0.5, 0.6) is 0 Å². The molecule has 1 aromatic carbocycles. The van der Waals surface area contributed by atoms with Crippen LogP contribution in [0.2, 0.25) is 0 Å².